The number of ether oxygens (including phenoxy) is 1. The van der Waals surface area contributed by atoms with Crippen molar-refractivity contribution in [3.05, 3.63) is 64.2 Å². The Morgan fingerprint density at radius 1 is 1.00 bits per heavy atom. The van der Waals surface area contributed by atoms with Crippen LogP contribution in [0.5, 0.6) is 5.75 Å². The van der Waals surface area contributed by atoms with Crippen LogP contribution in [0.15, 0.2) is 36.4 Å². The Bertz CT molecular complexity index is 619. The molecule has 2 rings (SSSR count). The maximum Gasteiger partial charge on any atom is 0.122 e. The van der Waals surface area contributed by atoms with Crippen LogP contribution in [-0.2, 0) is 6.42 Å². The Labute approximate surface area is 127 Å². The van der Waals surface area contributed by atoms with Gasteiger partial charge in [0.25, 0.3) is 0 Å². The molecule has 2 heteroatoms. The third kappa shape index (κ3) is 3.64. The van der Waals surface area contributed by atoms with Crippen LogP contribution >= 0.6 is 0 Å². The highest BCUT2D eigenvalue weighted by Gasteiger charge is 2.16. The number of hydrogen-bond acceptors (Lipinski definition) is 2. The van der Waals surface area contributed by atoms with E-state index in [2.05, 4.69) is 51.1 Å². The number of aryl methyl sites for hydroxylation is 3. The van der Waals surface area contributed by atoms with Crippen LogP contribution in [0.25, 0.3) is 0 Å². The maximum atomic E-state index is 6.06. The summed E-state index contributed by atoms with van der Waals surface area (Å²) in [5, 5.41) is 0. The summed E-state index contributed by atoms with van der Waals surface area (Å²) in [7, 11) is 1.72. The van der Waals surface area contributed by atoms with E-state index in [4.69, 9.17) is 10.5 Å². The molecular weight excluding hydrogens is 258 g/mol. The summed E-state index contributed by atoms with van der Waals surface area (Å²) in [6.07, 6.45) is 0.948. The Morgan fingerprint density at radius 2 is 1.67 bits per heavy atom. The molecule has 0 aromatic heterocycles. The van der Waals surface area contributed by atoms with Gasteiger partial charge in [-0.2, -0.15) is 0 Å². The lowest BCUT2D eigenvalue weighted by Gasteiger charge is -2.20. The Morgan fingerprint density at radius 3 is 2.33 bits per heavy atom. The first-order valence-corrected chi connectivity index (χ1v) is 7.46. The van der Waals surface area contributed by atoms with Gasteiger partial charge >= 0.3 is 0 Å². The van der Waals surface area contributed by atoms with Gasteiger partial charge in [0.05, 0.1) is 7.11 Å². The largest absolute Gasteiger partial charge is 0.496 e. The Hall–Kier alpha value is -1.80. The predicted octanol–water partition coefficient (Wildman–Crippen LogP) is 3.91. The molecule has 0 spiro atoms. The van der Waals surface area contributed by atoms with Crippen LogP contribution in [0.4, 0.5) is 0 Å². The highest BCUT2D eigenvalue weighted by Crippen LogP contribution is 2.30. The standard InChI is InChI=1S/C19H25NO/c1-13-5-7-15(3)16(9-13)11-17(12-20)18-10-14(2)6-8-19(18)21-4/h5-10,17H,11-12,20H2,1-4H3. The first-order chi connectivity index (χ1) is 10.0. The number of rotatable bonds is 5. The second-order valence-electron chi connectivity index (χ2n) is 5.81. The molecule has 0 aliphatic rings. The molecule has 21 heavy (non-hydrogen) atoms. The zero-order chi connectivity index (χ0) is 15.4. The fraction of sp³-hybridized carbons (Fsp3) is 0.368. The third-order valence-corrected chi connectivity index (χ3v) is 4.08. The molecule has 1 atom stereocenters. The molecule has 2 nitrogen and oxygen atoms in total. The fourth-order valence-corrected chi connectivity index (χ4v) is 2.78. The van der Waals surface area contributed by atoms with Gasteiger partial charge in [-0.1, -0.05) is 41.5 Å². The van der Waals surface area contributed by atoms with Gasteiger partial charge in [0.15, 0.2) is 0 Å². The molecule has 0 radical (unpaired) electrons. The number of nitrogens with two attached hydrogens (primary N) is 1. The van der Waals surface area contributed by atoms with E-state index in [9.17, 15) is 0 Å². The average Bonchev–Trinajstić information content (AvgIpc) is 2.48. The molecule has 0 saturated carbocycles. The number of methoxy groups -OCH3 is 1. The Balaban J connectivity index is 2.36. The van der Waals surface area contributed by atoms with Crippen molar-refractivity contribution in [3.63, 3.8) is 0 Å². The van der Waals surface area contributed by atoms with E-state index in [0.29, 0.717) is 6.54 Å². The first-order valence-electron chi connectivity index (χ1n) is 7.46. The second-order valence-corrected chi connectivity index (χ2v) is 5.81. The van der Waals surface area contributed by atoms with Gasteiger partial charge in [0.2, 0.25) is 0 Å². The van der Waals surface area contributed by atoms with Gasteiger partial charge in [-0.15, -0.1) is 0 Å². The molecule has 112 valence electrons. The molecule has 2 N–H and O–H groups in total. The highest BCUT2D eigenvalue weighted by molar-refractivity contribution is 5.41. The van der Waals surface area contributed by atoms with Gasteiger partial charge in [0, 0.05) is 5.92 Å². The molecule has 0 saturated heterocycles. The lowest BCUT2D eigenvalue weighted by Crippen LogP contribution is -2.16. The zero-order valence-electron chi connectivity index (χ0n) is 13.4. The summed E-state index contributed by atoms with van der Waals surface area (Å²) in [6.45, 7) is 7.02. The van der Waals surface area contributed by atoms with E-state index in [1.165, 1.54) is 27.8 Å². The van der Waals surface area contributed by atoms with Crippen molar-refractivity contribution >= 4 is 0 Å². The van der Waals surface area contributed by atoms with Gasteiger partial charge < -0.3 is 10.5 Å². The van der Waals surface area contributed by atoms with Crippen molar-refractivity contribution in [2.45, 2.75) is 33.1 Å². The predicted molar refractivity (Wildman–Crippen MR) is 89.1 cm³/mol. The number of benzene rings is 2. The van der Waals surface area contributed by atoms with Crippen LogP contribution in [-0.4, -0.2) is 13.7 Å². The summed E-state index contributed by atoms with van der Waals surface area (Å²) < 4.78 is 5.52. The van der Waals surface area contributed by atoms with Crippen LogP contribution in [0.3, 0.4) is 0 Å². The summed E-state index contributed by atoms with van der Waals surface area (Å²) in [4.78, 5) is 0. The minimum absolute atomic E-state index is 0.278. The van der Waals surface area contributed by atoms with E-state index in [1.807, 2.05) is 6.07 Å². The molecule has 0 amide bonds. The fourth-order valence-electron chi connectivity index (χ4n) is 2.78. The lowest BCUT2D eigenvalue weighted by atomic mass is 9.88. The SMILES string of the molecule is COc1ccc(C)cc1C(CN)Cc1cc(C)ccc1C. The summed E-state index contributed by atoms with van der Waals surface area (Å²) >= 11 is 0. The topological polar surface area (TPSA) is 35.2 Å². The van der Waals surface area contributed by atoms with E-state index in [0.717, 1.165) is 12.2 Å². The molecule has 0 aliphatic carbocycles. The smallest absolute Gasteiger partial charge is 0.122 e. The quantitative estimate of drug-likeness (QED) is 0.903. The van der Waals surface area contributed by atoms with Gasteiger partial charge in [0.1, 0.15) is 5.75 Å². The molecule has 1 unspecified atom stereocenters. The molecular formula is C19H25NO. The van der Waals surface area contributed by atoms with Crippen LogP contribution in [0.2, 0.25) is 0 Å². The van der Waals surface area contributed by atoms with E-state index in [-0.39, 0.29) is 5.92 Å². The van der Waals surface area contributed by atoms with Crippen molar-refractivity contribution in [2.75, 3.05) is 13.7 Å². The van der Waals surface area contributed by atoms with Gasteiger partial charge in [-0.3, -0.25) is 0 Å². The summed E-state index contributed by atoms with van der Waals surface area (Å²) in [5.74, 6) is 1.21. The summed E-state index contributed by atoms with van der Waals surface area (Å²) in [5.41, 5.74) is 12.5. The molecule has 0 heterocycles. The average molecular weight is 283 g/mol. The summed E-state index contributed by atoms with van der Waals surface area (Å²) in [6, 6.07) is 12.9. The van der Waals surface area contributed by atoms with Gasteiger partial charge in [-0.25, -0.2) is 0 Å². The molecule has 0 bridgehead atoms. The van der Waals surface area contributed by atoms with Crippen LogP contribution < -0.4 is 10.5 Å². The normalized spacial score (nSPS) is 12.2. The minimum Gasteiger partial charge on any atom is -0.496 e. The Kier molecular flexibility index (Phi) is 5.03. The van der Waals surface area contributed by atoms with Crippen molar-refractivity contribution < 1.29 is 4.74 Å². The van der Waals surface area contributed by atoms with Crippen LogP contribution in [0, 0.1) is 20.8 Å². The lowest BCUT2D eigenvalue weighted by molar-refractivity contribution is 0.405. The monoisotopic (exact) mass is 283 g/mol. The van der Waals surface area contributed by atoms with E-state index in [1.54, 1.807) is 7.11 Å². The van der Waals surface area contributed by atoms with Crippen molar-refractivity contribution in [2.24, 2.45) is 5.73 Å². The van der Waals surface area contributed by atoms with Crippen LogP contribution in [0.1, 0.15) is 33.7 Å². The molecule has 2 aromatic carbocycles. The first kappa shape index (κ1) is 15.6. The van der Waals surface area contributed by atoms with Crippen molar-refractivity contribution in [3.8, 4) is 5.75 Å². The minimum atomic E-state index is 0.278. The molecule has 0 fully saturated rings. The van der Waals surface area contributed by atoms with Crippen molar-refractivity contribution in [1.82, 2.24) is 0 Å². The van der Waals surface area contributed by atoms with Crippen molar-refractivity contribution in [1.29, 1.82) is 0 Å². The number of hydrogen-bond donors (Lipinski definition) is 1. The molecule has 2 aromatic rings. The van der Waals surface area contributed by atoms with E-state index < -0.39 is 0 Å². The highest BCUT2D eigenvalue weighted by atomic mass is 16.5. The van der Waals surface area contributed by atoms with Gasteiger partial charge in [-0.05, 0) is 56.5 Å². The molecule has 0 aliphatic heterocycles. The zero-order valence-corrected chi connectivity index (χ0v) is 13.4. The maximum absolute atomic E-state index is 6.06. The second kappa shape index (κ2) is 6.77. The van der Waals surface area contributed by atoms with E-state index >= 15 is 0 Å². The third-order valence-electron chi connectivity index (χ3n) is 4.08.